The van der Waals surface area contributed by atoms with E-state index >= 15 is 0 Å². The molecule has 1 fully saturated rings. The second-order valence-corrected chi connectivity index (χ2v) is 6.17. The predicted molar refractivity (Wildman–Crippen MR) is 91.6 cm³/mol. The van der Waals surface area contributed by atoms with E-state index in [9.17, 15) is 14.0 Å². The van der Waals surface area contributed by atoms with E-state index in [4.69, 9.17) is 0 Å². The van der Waals surface area contributed by atoms with Gasteiger partial charge in [-0.25, -0.2) is 9.29 Å². The summed E-state index contributed by atoms with van der Waals surface area (Å²) in [5.41, 5.74) is 3.42. The van der Waals surface area contributed by atoms with E-state index < -0.39 is 6.04 Å². The SMILES string of the molecule is Cc1ccc(N[C@@H]2CC(=O)N(c3c(C)cccc3C)C2=O)cc1F. The second-order valence-electron chi connectivity index (χ2n) is 6.17. The van der Waals surface area contributed by atoms with Gasteiger partial charge in [-0.3, -0.25) is 9.59 Å². The Morgan fingerprint density at radius 2 is 1.71 bits per heavy atom. The van der Waals surface area contributed by atoms with Gasteiger partial charge in [0.15, 0.2) is 0 Å². The number of carbonyl (C=O) groups is 2. The van der Waals surface area contributed by atoms with Gasteiger partial charge < -0.3 is 5.32 Å². The maximum absolute atomic E-state index is 13.7. The molecule has 24 heavy (non-hydrogen) atoms. The number of para-hydroxylation sites is 1. The van der Waals surface area contributed by atoms with Crippen LogP contribution in [-0.4, -0.2) is 17.9 Å². The molecule has 1 atom stereocenters. The van der Waals surface area contributed by atoms with Gasteiger partial charge in [0, 0.05) is 5.69 Å². The average molecular weight is 326 g/mol. The van der Waals surface area contributed by atoms with Crippen LogP contribution in [-0.2, 0) is 9.59 Å². The van der Waals surface area contributed by atoms with Crippen LogP contribution in [0.5, 0.6) is 0 Å². The van der Waals surface area contributed by atoms with Crippen molar-refractivity contribution in [3.8, 4) is 0 Å². The fraction of sp³-hybridized carbons (Fsp3) is 0.263. The van der Waals surface area contributed by atoms with E-state index in [2.05, 4.69) is 5.32 Å². The molecule has 0 bridgehead atoms. The lowest BCUT2D eigenvalue weighted by atomic mass is 10.1. The molecule has 1 saturated heterocycles. The summed E-state index contributed by atoms with van der Waals surface area (Å²) in [7, 11) is 0. The molecule has 0 radical (unpaired) electrons. The molecule has 124 valence electrons. The summed E-state index contributed by atoms with van der Waals surface area (Å²) in [5, 5.41) is 2.98. The molecule has 3 rings (SSSR count). The van der Waals surface area contributed by atoms with Gasteiger partial charge in [0.05, 0.1) is 12.1 Å². The molecule has 2 aromatic rings. The van der Waals surface area contributed by atoms with Crippen LogP contribution in [0.25, 0.3) is 0 Å². The summed E-state index contributed by atoms with van der Waals surface area (Å²) in [4.78, 5) is 26.4. The quantitative estimate of drug-likeness (QED) is 0.878. The van der Waals surface area contributed by atoms with Crippen LogP contribution >= 0.6 is 0 Å². The molecular formula is C19H19FN2O2. The zero-order chi connectivity index (χ0) is 17.4. The monoisotopic (exact) mass is 326 g/mol. The van der Waals surface area contributed by atoms with Crippen LogP contribution in [0, 0.1) is 26.6 Å². The summed E-state index contributed by atoms with van der Waals surface area (Å²) < 4.78 is 13.7. The number of carbonyl (C=O) groups excluding carboxylic acids is 2. The van der Waals surface area contributed by atoms with Crippen molar-refractivity contribution < 1.29 is 14.0 Å². The van der Waals surface area contributed by atoms with Crippen molar-refractivity contribution in [2.45, 2.75) is 33.2 Å². The number of nitrogens with one attached hydrogen (secondary N) is 1. The van der Waals surface area contributed by atoms with Gasteiger partial charge in [0.25, 0.3) is 5.91 Å². The van der Waals surface area contributed by atoms with E-state index in [1.54, 1.807) is 19.1 Å². The number of benzene rings is 2. The summed E-state index contributed by atoms with van der Waals surface area (Å²) in [6.45, 7) is 5.42. The van der Waals surface area contributed by atoms with Crippen molar-refractivity contribution in [2.24, 2.45) is 0 Å². The fourth-order valence-corrected chi connectivity index (χ4v) is 3.02. The maximum Gasteiger partial charge on any atom is 0.256 e. The molecular weight excluding hydrogens is 307 g/mol. The minimum Gasteiger partial charge on any atom is -0.373 e. The van der Waals surface area contributed by atoms with Crippen molar-refractivity contribution in [1.29, 1.82) is 0 Å². The first-order valence-electron chi connectivity index (χ1n) is 7.84. The molecule has 2 aromatic carbocycles. The number of hydrogen-bond acceptors (Lipinski definition) is 3. The molecule has 0 aromatic heterocycles. The molecule has 4 nitrogen and oxygen atoms in total. The maximum atomic E-state index is 13.7. The van der Waals surface area contributed by atoms with Gasteiger partial charge in [-0.2, -0.15) is 0 Å². The van der Waals surface area contributed by atoms with Crippen LogP contribution < -0.4 is 10.2 Å². The molecule has 1 aliphatic rings. The van der Waals surface area contributed by atoms with Gasteiger partial charge in [0.2, 0.25) is 5.91 Å². The Morgan fingerprint density at radius 1 is 1.04 bits per heavy atom. The van der Waals surface area contributed by atoms with Gasteiger partial charge >= 0.3 is 0 Å². The number of rotatable bonds is 3. The third-order valence-electron chi connectivity index (χ3n) is 4.32. The number of aryl methyl sites for hydroxylation is 3. The highest BCUT2D eigenvalue weighted by Crippen LogP contribution is 2.30. The first-order valence-corrected chi connectivity index (χ1v) is 7.84. The third-order valence-corrected chi connectivity index (χ3v) is 4.32. The highest BCUT2D eigenvalue weighted by Gasteiger charge is 2.40. The van der Waals surface area contributed by atoms with Crippen molar-refractivity contribution >= 4 is 23.2 Å². The Bertz CT molecular complexity index is 812. The lowest BCUT2D eigenvalue weighted by molar-refractivity contribution is -0.121. The van der Waals surface area contributed by atoms with Crippen molar-refractivity contribution in [3.05, 3.63) is 58.9 Å². The summed E-state index contributed by atoms with van der Waals surface area (Å²) in [5.74, 6) is -0.899. The number of halogens is 1. The molecule has 0 unspecified atom stereocenters. The van der Waals surface area contributed by atoms with Crippen molar-refractivity contribution in [2.75, 3.05) is 10.2 Å². The summed E-state index contributed by atoms with van der Waals surface area (Å²) in [6, 6.07) is 9.65. The first kappa shape index (κ1) is 16.2. The average Bonchev–Trinajstić information content (AvgIpc) is 2.78. The lowest BCUT2D eigenvalue weighted by Gasteiger charge is -2.20. The van der Waals surface area contributed by atoms with E-state index in [0.29, 0.717) is 16.9 Å². The minimum absolute atomic E-state index is 0.0576. The Morgan fingerprint density at radius 3 is 2.33 bits per heavy atom. The number of imide groups is 1. The van der Waals surface area contributed by atoms with E-state index in [0.717, 1.165) is 11.1 Å². The normalized spacial score (nSPS) is 17.5. The van der Waals surface area contributed by atoms with Crippen molar-refractivity contribution in [3.63, 3.8) is 0 Å². The molecule has 1 heterocycles. The molecule has 1 aliphatic heterocycles. The molecule has 2 amide bonds. The van der Waals surface area contributed by atoms with Crippen molar-refractivity contribution in [1.82, 2.24) is 0 Å². The number of anilines is 2. The molecule has 0 saturated carbocycles. The third kappa shape index (κ3) is 2.77. The standard InChI is InChI=1S/C19H19FN2O2/c1-11-7-8-14(9-15(11)20)21-16-10-17(23)22(19(16)24)18-12(2)5-4-6-13(18)3/h4-9,16,21H,10H2,1-3H3/t16-/m1/s1. The lowest BCUT2D eigenvalue weighted by Crippen LogP contribution is -2.35. The van der Waals surface area contributed by atoms with Crippen LogP contribution in [0.3, 0.4) is 0 Å². The number of amides is 2. The Labute approximate surface area is 140 Å². The Kier molecular flexibility index (Phi) is 4.09. The van der Waals surface area contributed by atoms with Gasteiger partial charge in [-0.1, -0.05) is 24.3 Å². The Balaban J connectivity index is 1.88. The highest BCUT2D eigenvalue weighted by atomic mass is 19.1. The second kappa shape index (κ2) is 6.07. The fourth-order valence-electron chi connectivity index (χ4n) is 3.02. The van der Waals surface area contributed by atoms with Crippen LogP contribution in [0.1, 0.15) is 23.1 Å². The van der Waals surface area contributed by atoms with Crippen LogP contribution in [0.2, 0.25) is 0 Å². The highest BCUT2D eigenvalue weighted by molar-refractivity contribution is 6.23. The molecule has 5 heteroatoms. The van der Waals surface area contributed by atoms with Crippen LogP contribution in [0.15, 0.2) is 36.4 Å². The number of hydrogen-bond donors (Lipinski definition) is 1. The minimum atomic E-state index is -0.682. The molecule has 0 aliphatic carbocycles. The largest absolute Gasteiger partial charge is 0.373 e. The summed E-state index contributed by atoms with van der Waals surface area (Å²) in [6.07, 6.45) is 0.0576. The van der Waals surface area contributed by atoms with Crippen LogP contribution in [0.4, 0.5) is 15.8 Å². The summed E-state index contributed by atoms with van der Waals surface area (Å²) >= 11 is 0. The molecule has 1 N–H and O–H groups in total. The smallest absolute Gasteiger partial charge is 0.256 e. The zero-order valence-electron chi connectivity index (χ0n) is 13.9. The van der Waals surface area contributed by atoms with Gasteiger partial charge in [0.1, 0.15) is 11.9 Å². The van der Waals surface area contributed by atoms with E-state index in [1.165, 1.54) is 11.0 Å². The first-order chi connectivity index (χ1) is 11.4. The molecule has 0 spiro atoms. The van der Waals surface area contributed by atoms with E-state index in [1.807, 2.05) is 32.0 Å². The number of nitrogens with zero attached hydrogens (tertiary/aromatic N) is 1. The van der Waals surface area contributed by atoms with Gasteiger partial charge in [-0.15, -0.1) is 0 Å². The van der Waals surface area contributed by atoms with E-state index in [-0.39, 0.29) is 24.1 Å². The van der Waals surface area contributed by atoms with Gasteiger partial charge in [-0.05, 0) is 49.6 Å². The zero-order valence-corrected chi connectivity index (χ0v) is 13.9. The topological polar surface area (TPSA) is 49.4 Å². The Hall–Kier alpha value is -2.69. The predicted octanol–water partition coefficient (Wildman–Crippen LogP) is 3.49.